The van der Waals surface area contributed by atoms with Crippen molar-refractivity contribution in [3.05, 3.63) is 59.3 Å². The number of benzene rings is 1. The Morgan fingerprint density at radius 2 is 2.15 bits per heavy atom. The number of carbonyl (C=O) groups is 1. The highest BCUT2D eigenvalue weighted by Crippen LogP contribution is 2.21. The number of aryl methyl sites for hydroxylation is 1. The average Bonchev–Trinajstić information content (AvgIpc) is 2.71. The van der Waals surface area contributed by atoms with Crippen LogP contribution in [0.15, 0.2) is 42.6 Å². The van der Waals surface area contributed by atoms with Crippen LogP contribution in [0.25, 0.3) is 6.08 Å². The van der Waals surface area contributed by atoms with Crippen LogP contribution < -0.4 is 15.0 Å². The van der Waals surface area contributed by atoms with Crippen molar-refractivity contribution in [3.8, 4) is 5.75 Å². The van der Waals surface area contributed by atoms with Crippen LogP contribution in [0.3, 0.4) is 0 Å². The Balaban J connectivity index is 1.64. The number of aromatic nitrogens is 1. The SMILES string of the molecule is COc1ccc(C)cc1/C=C/C(=O)NCc1cccnc1N1CCOCC1. The third kappa shape index (κ3) is 5.08. The van der Waals surface area contributed by atoms with E-state index in [9.17, 15) is 4.79 Å². The molecule has 0 bridgehead atoms. The van der Waals surface area contributed by atoms with E-state index in [0.717, 1.165) is 41.3 Å². The second-order valence-electron chi connectivity index (χ2n) is 6.38. The van der Waals surface area contributed by atoms with Gasteiger partial charge in [0.05, 0.1) is 20.3 Å². The quantitative estimate of drug-likeness (QED) is 0.795. The van der Waals surface area contributed by atoms with E-state index >= 15 is 0 Å². The normalized spacial score (nSPS) is 14.4. The van der Waals surface area contributed by atoms with Gasteiger partial charge in [0.1, 0.15) is 11.6 Å². The number of nitrogens with one attached hydrogen (secondary N) is 1. The zero-order valence-corrected chi connectivity index (χ0v) is 15.8. The van der Waals surface area contributed by atoms with Gasteiger partial charge in [-0.25, -0.2) is 4.98 Å². The molecule has 0 radical (unpaired) electrons. The number of amides is 1. The summed E-state index contributed by atoms with van der Waals surface area (Å²) < 4.78 is 10.7. The fourth-order valence-corrected chi connectivity index (χ4v) is 3.02. The van der Waals surface area contributed by atoms with Crippen LogP contribution in [0.4, 0.5) is 5.82 Å². The second kappa shape index (κ2) is 9.19. The van der Waals surface area contributed by atoms with Crippen LogP contribution in [0, 0.1) is 6.92 Å². The van der Waals surface area contributed by atoms with Crippen LogP contribution in [0.5, 0.6) is 5.75 Å². The number of hydrogen-bond donors (Lipinski definition) is 1. The zero-order valence-electron chi connectivity index (χ0n) is 15.8. The third-order valence-electron chi connectivity index (χ3n) is 4.43. The summed E-state index contributed by atoms with van der Waals surface area (Å²) in [4.78, 5) is 19.0. The molecule has 3 rings (SSSR count). The van der Waals surface area contributed by atoms with Gasteiger partial charge in [0, 0.05) is 43.0 Å². The molecule has 1 amide bonds. The van der Waals surface area contributed by atoms with E-state index in [2.05, 4.69) is 15.2 Å². The fraction of sp³-hybridized carbons (Fsp3) is 0.333. The maximum absolute atomic E-state index is 12.3. The van der Waals surface area contributed by atoms with Gasteiger partial charge in [0.15, 0.2) is 0 Å². The molecule has 0 saturated carbocycles. The van der Waals surface area contributed by atoms with E-state index in [4.69, 9.17) is 9.47 Å². The van der Waals surface area contributed by atoms with Crippen molar-refractivity contribution >= 4 is 17.8 Å². The van der Waals surface area contributed by atoms with E-state index in [1.807, 2.05) is 37.3 Å². The number of anilines is 1. The summed E-state index contributed by atoms with van der Waals surface area (Å²) in [5.74, 6) is 1.49. The minimum Gasteiger partial charge on any atom is -0.496 e. The molecule has 1 aliphatic heterocycles. The number of methoxy groups -OCH3 is 1. The lowest BCUT2D eigenvalue weighted by Gasteiger charge is -2.29. The van der Waals surface area contributed by atoms with E-state index in [0.29, 0.717) is 19.8 Å². The van der Waals surface area contributed by atoms with Gasteiger partial charge in [0.25, 0.3) is 0 Å². The number of rotatable bonds is 6. The molecule has 1 N–H and O–H groups in total. The molecule has 6 nitrogen and oxygen atoms in total. The van der Waals surface area contributed by atoms with Crippen molar-refractivity contribution < 1.29 is 14.3 Å². The topological polar surface area (TPSA) is 63.7 Å². The summed E-state index contributed by atoms with van der Waals surface area (Å²) in [6.07, 6.45) is 5.08. The van der Waals surface area contributed by atoms with Gasteiger partial charge >= 0.3 is 0 Å². The van der Waals surface area contributed by atoms with E-state index in [1.165, 1.54) is 6.08 Å². The van der Waals surface area contributed by atoms with Crippen molar-refractivity contribution in [1.82, 2.24) is 10.3 Å². The first-order valence-corrected chi connectivity index (χ1v) is 9.04. The van der Waals surface area contributed by atoms with Gasteiger partial charge in [-0.1, -0.05) is 17.7 Å². The molecule has 0 atom stereocenters. The van der Waals surface area contributed by atoms with Crippen LogP contribution >= 0.6 is 0 Å². The molecule has 0 spiro atoms. The fourth-order valence-electron chi connectivity index (χ4n) is 3.02. The Kier molecular flexibility index (Phi) is 6.44. The van der Waals surface area contributed by atoms with Crippen molar-refractivity contribution in [2.24, 2.45) is 0 Å². The van der Waals surface area contributed by atoms with E-state index in [1.54, 1.807) is 19.4 Å². The smallest absolute Gasteiger partial charge is 0.244 e. The maximum Gasteiger partial charge on any atom is 0.244 e. The summed E-state index contributed by atoms with van der Waals surface area (Å²) in [6.45, 7) is 5.45. The molecule has 1 aromatic heterocycles. The highest BCUT2D eigenvalue weighted by molar-refractivity contribution is 5.92. The number of nitrogens with zero attached hydrogens (tertiary/aromatic N) is 2. The largest absolute Gasteiger partial charge is 0.496 e. The third-order valence-corrected chi connectivity index (χ3v) is 4.43. The Morgan fingerprint density at radius 1 is 1.33 bits per heavy atom. The van der Waals surface area contributed by atoms with Crippen LogP contribution in [0.2, 0.25) is 0 Å². The predicted octanol–water partition coefficient (Wildman–Crippen LogP) is 2.56. The number of pyridine rings is 1. The van der Waals surface area contributed by atoms with Crippen molar-refractivity contribution in [2.45, 2.75) is 13.5 Å². The lowest BCUT2D eigenvalue weighted by Crippen LogP contribution is -2.37. The van der Waals surface area contributed by atoms with Crippen molar-refractivity contribution in [1.29, 1.82) is 0 Å². The number of morpholine rings is 1. The molecule has 1 aromatic carbocycles. The first-order valence-electron chi connectivity index (χ1n) is 9.04. The number of ether oxygens (including phenoxy) is 2. The number of hydrogen-bond acceptors (Lipinski definition) is 5. The average molecular weight is 367 g/mol. The van der Waals surface area contributed by atoms with Crippen LogP contribution in [0.1, 0.15) is 16.7 Å². The van der Waals surface area contributed by atoms with Crippen LogP contribution in [-0.4, -0.2) is 44.3 Å². The first kappa shape index (κ1) is 18.9. The molecule has 6 heteroatoms. The molecule has 2 aromatic rings. The Morgan fingerprint density at radius 3 is 2.93 bits per heavy atom. The minimum absolute atomic E-state index is 0.157. The molecule has 1 fully saturated rings. The summed E-state index contributed by atoms with van der Waals surface area (Å²) >= 11 is 0. The predicted molar refractivity (Wildman–Crippen MR) is 106 cm³/mol. The van der Waals surface area contributed by atoms with Gasteiger partial charge in [-0.15, -0.1) is 0 Å². The van der Waals surface area contributed by atoms with Gasteiger partial charge in [-0.2, -0.15) is 0 Å². The molecule has 0 unspecified atom stereocenters. The van der Waals surface area contributed by atoms with Gasteiger partial charge in [-0.3, -0.25) is 4.79 Å². The van der Waals surface area contributed by atoms with Crippen molar-refractivity contribution in [3.63, 3.8) is 0 Å². The highest BCUT2D eigenvalue weighted by Gasteiger charge is 2.15. The second-order valence-corrected chi connectivity index (χ2v) is 6.38. The maximum atomic E-state index is 12.3. The zero-order chi connectivity index (χ0) is 19.1. The lowest BCUT2D eigenvalue weighted by molar-refractivity contribution is -0.116. The Bertz CT molecular complexity index is 814. The van der Waals surface area contributed by atoms with Gasteiger partial charge in [-0.05, 0) is 31.2 Å². The first-order chi connectivity index (χ1) is 13.2. The molecular weight excluding hydrogens is 342 g/mol. The van der Waals surface area contributed by atoms with E-state index in [-0.39, 0.29) is 5.91 Å². The number of carbonyl (C=O) groups excluding carboxylic acids is 1. The molecule has 1 aliphatic rings. The molecular formula is C21H25N3O3. The minimum atomic E-state index is -0.157. The molecule has 27 heavy (non-hydrogen) atoms. The van der Waals surface area contributed by atoms with E-state index < -0.39 is 0 Å². The molecule has 1 saturated heterocycles. The summed E-state index contributed by atoms with van der Waals surface area (Å²) in [5, 5.41) is 2.94. The van der Waals surface area contributed by atoms with Crippen molar-refractivity contribution in [2.75, 3.05) is 38.3 Å². The lowest BCUT2D eigenvalue weighted by atomic mass is 10.1. The summed E-state index contributed by atoms with van der Waals surface area (Å²) in [7, 11) is 1.62. The Labute approximate surface area is 159 Å². The standard InChI is InChI=1S/C21H25N3O3/c1-16-5-7-19(26-2)17(14-16)6-8-20(25)23-15-18-4-3-9-22-21(18)24-10-12-27-13-11-24/h3-9,14H,10-13,15H2,1-2H3,(H,23,25)/b8-6+. The summed E-state index contributed by atoms with van der Waals surface area (Å²) in [5.41, 5.74) is 2.98. The highest BCUT2D eigenvalue weighted by atomic mass is 16.5. The van der Waals surface area contributed by atoms with Gasteiger partial charge in [0.2, 0.25) is 5.91 Å². The molecule has 2 heterocycles. The van der Waals surface area contributed by atoms with Gasteiger partial charge < -0.3 is 19.7 Å². The summed E-state index contributed by atoms with van der Waals surface area (Å²) in [6, 6.07) is 9.74. The Hall–Kier alpha value is -2.86. The molecule has 142 valence electrons. The molecule has 0 aliphatic carbocycles. The van der Waals surface area contributed by atoms with Crippen LogP contribution in [-0.2, 0) is 16.1 Å². The monoisotopic (exact) mass is 367 g/mol.